The van der Waals surface area contributed by atoms with E-state index < -0.39 is 0 Å². The maximum atomic E-state index is 12.0. The average Bonchev–Trinajstić information content (AvgIpc) is 2.71. The summed E-state index contributed by atoms with van der Waals surface area (Å²) in [4.78, 5) is 29.2. The van der Waals surface area contributed by atoms with Crippen LogP contribution in [0, 0.1) is 6.92 Å². The van der Waals surface area contributed by atoms with Gasteiger partial charge in [0.1, 0.15) is 0 Å². The summed E-state index contributed by atoms with van der Waals surface area (Å²) >= 11 is 0. The lowest BCUT2D eigenvalue weighted by Gasteiger charge is -2.08. The van der Waals surface area contributed by atoms with Gasteiger partial charge in [0.25, 0.3) is 11.8 Å². The molecule has 2 heterocycles. The molecule has 2 amide bonds. The highest BCUT2D eigenvalue weighted by atomic mass is 16.2. The van der Waals surface area contributed by atoms with Gasteiger partial charge in [-0.3, -0.25) is 19.5 Å². The number of anilines is 1. The second-order valence-electron chi connectivity index (χ2n) is 5.05. The summed E-state index contributed by atoms with van der Waals surface area (Å²) in [6.45, 7) is 2.58. The highest BCUT2D eigenvalue weighted by Crippen LogP contribution is 2.25. The van der Waals surface area contributed by atoms with Gasteiger partial charge in [-0.25, -0.2) is 0 Å². The van der Waals surface area contributed by atoms with Crippen LogP contribution in [-0.2, 0) is 6.54 Å². The fourth-order valence-corrected chi connectivity index (χ4v) is 2.36. The Bertz CT molecular complexity index is 740. The Morgan fingerprint density at radius 3 is 2.67 bits per heavy atom. The van der Waals surface area contributed by atoms with Gasteiger partial charge in [0, 0.05) is 18.9 Å². The number of hydrogen-bond donors (Lipinski definition) is 1. The monoisotopic (exact) mass is 281 g/mol. The summed E-state index contributed by atoms with van der Waals surface area (Å²) in [5.41, 5.74) is 3.78. The summed E-state index contributed by atoms with van der Waals surface area (Å²) < 4.78 is 0. The number of carbonyl (C=O) groups is 2. The average molecular weight is 281 g/mol. The zero-order valence-corrected chi connectivity index (χ0v) is 11.9. The summed E-state index contributed by atoms with van der Waals surface area (Å²) in [5, 5.41) is 3.24. The van der Waals surface area contributed by atoms with E-state index in [1.165, 1.54) is 7.05 Å². The molecular formula is C16H15N3O2. The van der Waals surface area contributed by atoms with Crippen LogP contribution in [0.2, 0.25) is 0 Å². The van der Waals surface area contributed by atoms with E-state index in [1.807, 2.05) is 19.1 Å². The number of aryl methyl sites for hydroxylation is 1. The number of nitrogens with zero attached hydrogens (tertiary/aromatic N) is 2. The molecule has 1 aliphatic rings. The van der Waals surface area contributed by atoms with E-state index in [1.54, 1.807) is 24.4 Å². The zero-order chi connectivity index (χ0) is 15.0. The molecular weight excluding hydrogens is 266 g/mol. The lowest BCUT2D eigenvalue weighted by Crippen LogP contribution is -2.24. The van der Waals surface area contributed by atoms with Crippen molar-refractivity contribution in [1.82, 2.24) is 9.88 Å². The SMILES string of the molecule is Cc1cccnc1CNc1ccc2c(c1)C(=O)N(C)C2=O. The standard InChI is InChI=1S/C16H15N3O2/c1-10-4-3-7-17-14(10)9-18-11-5-6-12-13(8-11)16(21)19(2)15(12)20/h3-8,18H,9H2,1-2H3. The number of amides is 2. The molecule has 2 aromatic rings. The lowest BCUT2D eigenvalue weighted by atomic mass is 10.1. The van der Waals surface area contributed by atoms with E-state index in [9.17, 15) is 9.59 Å². The first kappa shape index (κ1) is 13.3. The van der Waals surface area contributed by atoms with E-state index in [0.717, 1.165) is 21.8 Å². The third-order valence-corrected chi connectivity index (χ3v) is 3.67. The van der Waals surface area contributed by atoms with Crippen LogP contribution < -0.4 is 5.32 Å². The Labute approximate surface area is 122 Å². The second kappa shape index (κ2) is 5.01. The van der Waals surface area contributed by atoms with Crippen molar-refractivity contribution in [3.8, 4) is 0 Å². The normalized spacial score (nSPS) is 13.5. The molecule has 0 saturated carbocycles. The summed E-state index contributed by atoms with van der Waals surface area (Å²) in [5.74, 6) is -0.505. The number of benzene rings is 1. The maximum Gasteiger partial charge on any atom is 0.261 e. The van der Waals surface area contributed by atoms with Crippen molar-refractivity contribution >= 4 is 17.5 Å². The van der Waals surface area contributed by atoms with Crippen molar-refractivity contribution in [3.63, 3.8) is 0 Å². The molecule has 0 spiro atoms. The molecule has 1 N–H and O–H groups in total. The topological polar surface area (TPSA) is 62.3 Å². The fraction of sp³-hybridized carbons (Fsp3) is 0.188. The Morgan fingerprint density at radius 1 is 1.14 bits per heavy atom. The predicted octanol–water partition coefficient (Wildman–Crippen LogP) is 2.23. The van der Waals surface area contributed by atoms with Crippen LogP contribution in [0.4, 0.5) is 5.69 Å². The molecule has 0 fully saturated rings. The number of fused-ring (bicyclic) bond motifs is 1. The molecule has 0 radical (unpaired) electrons. The number of rotatable bonds is 3. The van der Waals surface area contributed by atoms with Gasteiger partial charge in [0.05, 0.1) is 23.4 Å². The van der Waals surface area contributed by atoms with Crippen LogP contribution in [0.25, 0.3) is 0 Å². The molecule has 0 atom stereocenters. The van der Waals surface area contributed by atoms with Gasteiger partial charge in [-0.1, -0.05) is 6.07 Å². The van der Waals surface area contributed by atoms with Crippen LogP contribution in [0.3, 0.4) is 0 Å². The Balaban J connectivity index is 1.82. The van der Waals surface area contributed by atoms with Crippen molar-refractivity contribution in [2.75, 3.05) is 12.4 Å². The van der Waals surface area contributed by atoms with Crippen molar-refractivity contribution in [3.05, 3.63) is 58.9 Å². The molecule has 1 aromatic heterocycles. The van der Waals surface area contributed by atoms with Crippen molar-refractivity contribution < 1.29 is 9.59 Å². The van der Waals surface area contributed by atoms with E-state index in [0.29, 0.717) is 17.7 Å². The van der Waals surface area contributed by atoms with Gasteiger partial charge in [-0.2, -0.15) is 0 Å². The largest absolute Gasteiger partial charge is 0.379 e. The zero-order valence-electron chi connectivity index (χ0n) is 11.9. The minimum Gasteiger partial charge on any atom is -0.379 e. The highest BCUT2D eigenvalue weighted by molar-refractivity contribution is 6.21. The molecule has 5 nitrogen and oxygen atoms in total. The Kier molecular flexibility index (Phi) is 3.17. The van der Waals surface area contributed by atoms with Crippen LogP contribution in [0.5, 0.6) is 0 Å². The van der Waals surface area contributed by atoms with E-state index in [2.05, 4.69) is 10.3 Å². The van der Waals surface area contributed by atoms with Gasteiger partial charge in [0.15, 0.2) is 0 Å². The highest BCUT2D eigenvalue weighted by Gasteiger charge is 2.32. The number of aromatic nitrogens is 1. The lowest BCUT2D eigenvalue weighted by molar-refractivity contribution is 0.0693. The first-order chi connectivity index (χ1) is 10.1. The molecule has 0 aliphatic carbocycles. The number of nitrogens with one attached hydrogen (secondary N) is 1. The molecule has 21 heavy (non-hydrogen) atoms. The maximum absolute atomic E-state index is 12.0. The second-order valence-corrected chi connectivity index (χ2v) is 5.05. The first-order valence-corrected chi connectivity index (χ1v) is 6.68. The molecule has 1 aromatic carbocycles. The van der Waals surface area contributed by atoms with Crippen molar-refractivity contribution in [1.29, 1.82) is 0 Å². The number of hydrogen-bond acceptors (Lipinski definition) is 4. The molecule has 106 valence electrons. The van der Waals surface area contributed by atoms with E-state index >= 15 is 0 Å². The number of pyridine rings is 1. The minimum absolute atomic E-state index is 0.248. The third kappa shape index (κ3) is 2.27. The third-order valence-electron chi connectivity index (χ3n) is 3.67. The quantitative estimate of drug-likeness (QED) is 0.876. The molecule has 0 bridgehead atoms. The molecule has 1 aliphatic heterocycles. The van der Waals surface area contributed by atoms with Gasteiger partial charge >= 0.3 is 0 Å². The summed E-state index contributed by atoms with van der Waals surface area (Å²) in [7, 11) is 1.50. The van der Waals surface area contributed by atoms with E-state index in [-0.39, 0.29) is 11.8 Å². The predicted molar refractivity (Wildman–Crippen MR) is 79.2 cm³/mol. The summed E-state index contributed by atoms with van der Waals surface area (Å²) in [6, 6.07) is 9.11. The summed E-state index contributed by atoms with van der Waals surface area (Å²) in [6.07, 6.45) is 1.75. The number of imide groups is 1. The molecule has 0 saturated heterocycles. The van der Waals surface area contributed by atoms with Crippen molar-refractivity contribution in [2.45, 2.75) is 13.5 Å². The Hall–Kier alpha value is -2.69. The Morgan fingerprint density at radius 2 is 1.90 bits per heavy atom. The smallest absolute Gasteiger partial charge is 0.261 e. The van der Waals surface area contributed by atoms with Crippen LogP contribution in [0.15, 0.2) is 36.5 Å². The van der Waals surface area contributed by atoms with Crippen LogP contribution >= 0.6 is 0 Å². The number of carbonyl (C=O) groups excluding carboxylic acids is 2. The first-order valence-electron chi connectivity index (χ1n) is 6.68. The van der Waals surface area contributed by atoms with Gasteiger partial charge in [-0.15, -0.1) is 0 Å². The van der Waals surface area contributed by atoms with Crippen LogP contribution in [-0.4, -0.2) is 28.7 Å². The fourth-order valence-electron chi connectivity index (χ4n) is 2.36. The molecule has 5 heteroatoms. The van der Waals surface area contributed by atoms with Crippen LogP contribution in [0.1, 0.15) is 32.0 Å². The minimum atomic E-state index is -0.257. The molecule has 0 unspecified atom stereocenters. The van der Waals surface area contributed by atoms with Crippen molar-refractivity contribution in [2.24, 2.45) is 0 Å². The van der Waals surface area contributed by atoms with Gasteiger partial charge < -0.3 is 5.32 Å². The van der Waals surface area contributed by atoms with Gasteiger partial charge in [-0.05, 0) is 36.8 Å². The molecule has 3 rings (SSSR count). The van der Waals surface area contributed by atoms with Gasteiger partial charge in [0.2, 0.25) is 0 Å². The van der Waals surface area contributed by atoms with E-state index in [4.69, 9.17) is 0 Å².